The van der Waals surface area contributed by atoms with Crippen LogP contribution in [0.25, 0.3) is 0 Å². The molecule has 0 aromatic carbocycles. The third-order valence-electron chi connectivity index (χ3n) is 0.727. The quantitative estimate of drug-likeness (QED) is 0.501. The number of rotatable bonds is 3. The third kappa shape index (κ3) is 25.8. The van der Waals surface area contributed by atoms with Gasteiger partial charge in [-0.05, 0) is 19.9 Å². The standard InChI is InChI=1S/C3H9NO.C2H6O3S/c4-2-1-3-5;1-2-6(3,4)5/h5H,1-4H2;2H2,1H3,(H,3,4,5). The number of aliphatic hydroxyl groups is 1. The molecule has 6 heteroatoms. The van der Waals surface area contributed by atoms with Crippen LogP contribution in [0.15, 0.2) is 0 Å². The van der Waals surface area contributed by atoms with Crippen molar-refractivity contribution in [3.05, 3.63) is 0 Å². The predicted octanol–water partition coefficient (Wildman–Crippen LogP) is -0.778. The van der Waals surface area contributed by atoms with Gasteiger partial charge in [0.2, 0.25) is 0 Å². The van der Waals surface area contributed by atoms with Gasteiger partial charge in [0, 0.05) is 6.61 Å². The molecule has 0 rings (SSSR count). The van der Waals surface area contributed by atoms with E-state index in [2.05, 4.69) is 0 Å². The molecule has 11 heavy (non-hydrogen) atoms. The highest BCUT2D eigenvalue weighted by atomic mass is 32.2. The fourth-order valence-electron chi connectivity index (χ4n) is 0.0913. The van der Waals surface area contributed by atoms with Crippen molar-refractivity contribution < 1.29 is 18.1 Å². The lowest BCUT2D eigenvalue weighted by Crippen LogP contribution is -1.99. The van der Waals surface area contributed by atoms with Crippen LogP contribution in [0.3, 0.4) is 0 Å². The molecular weight excluding hydrogens is 170 g/mol. The largest absolute Gasteiger partial charge is 0.396 e. The lowest BCUT2D eigenvalue weighted by Gasteiger charge is -1.80. The Balaban J connectivity index is 0. The maximum Gasteiger partial charge on any atom is 0.264 e. The molecule has 0 atom stereocenters. The zero-order valence-electron chi connectivity index (χ0n) is 6.52. The summed E-state index contributed by atoms with van der Waals surface area (Å²) in [6.45, 7) is 2.18. The van der Waals surface area contributed by atoms with Crippen LogP contribution in [-0.4, -0.2) is 37.0 Å². The van der Waals surface area contributed by atoms with Crippen LogP contribution in [-0.2, 0) is 10.1 Å². The topological polar surface area (TPSA) is 101 Å². The average Bonchev–Trinajstić information content (AvgIpc) is 1.90. The SMILES string of the molecule is CCS(=O)(=O)O.NCCCO. The van der Waals surface area contributed by atoms with E-state index in [9.17, 15) is 8.42 Å². The number of hydrogen-bond donors (Lipinski definition) is 3. The number of aliphatic hydroxyl groups excluding tert-OH is 1. The molecule has 0 unspecified atom stereocenters. The van der Waals surface area contributed by atoms with Crippen LogP contribution in [0.2, 0.25) is 0 Å². The fraction of sp³-hybridized carbons (Fsp3) is 1.00. The van der Waals surface area contributed by atoms with Gasteiger partial charge in [0.15, 0.2) is 0 Å². The van der Waals surface area contributed by atoms with E-state index in [1.807, 2.05) is 0 Å². The van der Waals surface area contributed by atoms with E-state index < -0.39 is 10.1 Å². The van der Waals surface area contributed by atoms with E-state index in [4.69, 9.17) is 15.4 Å². The smallest absolute Gasteiger partial charge is 0.264 e. The molecule has 0 aliphatic heterocycles. The molecule has 0 radical (unpaired) electrons. The summed E-state index contributed by atoms with van der Waals surface area (Å²) in [5, 5.41) is 7.99. The van der Waals surface area contributed by atoms with Crippen molar-refractivity contribution in [2.75, 3.05) is 18.9 Å². The molecule has 5 nitrogen and oxygen atoms in total. The fourth-order valence-corrected chi connectivity index (χ4v) is 0.0913. The molecule has 0 spiro atoms. The third-order valence-corrected chi connectivity index (χ3v) is 1.46. The van der Waals surface area contributed by atoms with E-state index in [1.165, 1.54) is 6.92 Å². The Morgan fingerprint density at radius 2 is 1.82 bits per heavy atom. The molecule has 0 aliphatic carbocycles. The Morgan fingerprint density at radius 3 is 1.82 bits per heavy atom. The summed E-state index contributed by atoms with van der Waals surface area (Å²) in [7, 11) is -3.66. The summed E-state index contributed by atoms with van der Waals surface area (Å²) in [5.41, 5.74) is 4.98. The highest BCUT2D eigenvalue weighted by Gasteiger charge is 1.93. The van der Waals surface area contributed by atoms with Crippen molar-refractivity contribution in [2.24, 2.45) is 5.73 Å². The molecule has 0 fully saturated rings. The summed E-state index contributed by atoms with van der Waals surface area (Å²) in [6, 6.07) is 0. The lowest BCUT2D eigenvalue weighted by molar-refractivity contribution is 0.291. The first-order valence-electron chi connectivity index (χ1n) is 3.24. The van der Waals surface area contributed by atoms with Crippen LogP contribution in [0.5, 0.6) is 0 Å². The molecule has 4 N–H and O–H groups in total. The molecule has 0 aromatic heterocycles. The van der Waals surface area contributed by atoms with E-state index in [-0.39, 0.29) is 12.4 Å². The minimum atomic E-state index is -3.66. The maximum atomic E-state index is 9.56. The summed E-state index contributed by atoms with van der Waals surface area (Å²) < 4.78 is 26.9. The molecule has 0 saturated carbocycles. The van der Waals surface area contributed by atoms with Gasteiger partial charge in [-0.15, -0.1) is 0 Å². The van der Waals surface area contributed by atoms with Crippen molar-refractivity contribution in [2.45, 2.75) is 13.3 Å². The van der Waals surface area contributed by atoms with Gasteiger partial charge in [-0.3, -0.25) is 4.55 Å². The van der Waals surface area contributed by atoms with Gasteiger partial charge in [0.05, 0.1) is 5.75 Å². The van der Waals surface area contributed by atoms with Crippen molar-refractivity contribution >= 4 is 10.1 Å². The van der Waals surface area contributed by atoms with Crippen molar-refractivity contribution in [3.63, 3.8) is 0 Å². The van der Waals surface area contributed by atoms with Gasteiger partial charge >= 0.3 is 0 Å². The first-order valence-corrected chi connectivity index (χ1v) is 4.85. The van der Waals surface area contributed by atoms with Crippen LogP contribution in [0, 0.1) is 0 Å². The molecule has 70 valence electrons. The minimum absolute atomic E-state index is 0.201. The van der Waals surface area contributed by atoms with Crippen LogP contribution < -0.4 is 5.73 Å². The summed E-state index contributed by atoms with van der Waals surface area (Å²) in [4.78, 5) is 0. The Hall–Kier alpha value is -0.170. The van der Waals surface area contributed by atoms with Gasteiger partial charge in [0.1, 0.15) is 0 Å². The van der Waals surface area contributed by atoms with E-state index in [0.717, 1.165) is 6.42 Å². The molecule has 0 bridgehead atoms. The zero-order chi connectivity index (χ0) is 9.33. The first-order chi connectivity index (χ1) is 4.97. The second-order valence-electron chi connectivity index (χ2n) is 1.74. The minimum Gasteiger partial charge on any atom is -0.396 e. The Kier molecular flexibility index (Phi) is 9.68. The Labute approximate surface area is 67.0 Å². The van der Waals surface area contributed by atoms with Gasteiger partial charge < -0.3 is 10.8 Å². The molecule has 0 aromatic rings. The average molecular weight is 185 g/mol. The van der Waals surface area contributed by atoms with Crippen LogP contribution in [0.1, 0.15) is 13.3 Å². The van der Waals surface area contributed by atoms with Crippen LogP contribution in [0.4, 0.5) is 0 Å². The molecule has 0 heterocycles. The highest BCUT2D eigenvalue weighted by molar-refractivity contribution is 7.85. The van der Waals surface area contributed by atoms with Crippen LogP contribution >= 0.6 is 0 Å². The monoisotopic (exact) mass is 185 g/mol. The molecule has 0 aliphatic rings. The number of hydrogen-bond acceptors (Lipinski definition) is 4. The second kappa shape index (κ2) is 7.93. The summed E-state index contributed by atoms with van der Waals surface area (Å²) in [6.07, 6.45) is 0.722. The van der Waals surface area contributed by atoms with E-state index >= 15 is 0 Å². The summed E-state index contributed by atoms with van der Waals surface area (Å²) >= 11 is 0. The predicted molar refractivity (Wildman–Crippen MR) is 42.8 cm³/mol. The van der Waals surface area contributed by atoms with Gasteiger partial charge in [-0.1, -0.05) is 0 Å². The highest BCUT2D eigenvalue weighted by Crippen LogP contribution is 1.74. The van der Waals surface area contributed by atoms with Crippen molar-refractivity contribution in [1.82, 2.24) is 0 Å². The number of nitrogens with two attached hydrogens (primary N) is 1. The van der Waals surface area contributed by atoms with Gasteiger partial charge in [0.25, 0.3) is 10.1 Å². The van der Waals surface area contributed by atoms with E-state index in [0.29, 0.717) is 6.54 Å². The molecule has 0 amide bonds. The Bertz CT molecular complexity index is 152. The summed E-state index contributed by atoms with van der Waals surface area (Å²) in [5.74, 6) is -0.201. The maximum absolute atomic E-state index is 9.56. The second-order valence-corrected chi connectivity index (χ2v) is 3.48. The van der Waals surface area contributed by atoms with E-state index in [1.54, 1.807) is 0 Å². The molecular formula is C5H15NO4S. The van der Waals surface area contributed by atoms with Gasteiger partial charge in [-0.2, -0.15) is 8.42 Å². The Morgan fingerprint density at radius 1 is 1.45 bits per heavy atom. The van der Waals surface area contributed by atoms with Crippen molar-refractivity contribution in [3.8, 4) is 0 Å². The normalized spacial score (nSPS) is 10.2. The zero-order valence-corrected chi connectivity index (χ0v) is 7.34. The molecule has 0 saturated heterocycles. The lowest BCUT2D eigenvalue weighted by atomic mass is 10.5. The first kappa shape index (κ1) is 13.4. The van der Waals surface area contributed by atoms with Gasteiger partial charge in [-0.25, -0.2) is 0 Å². The van der Waals surface area contributed by atoms with Crippen molar-refractivity contribution in [1.29, 1.82) is 0 Å².